The molecule has 1 saturated heterocycles. The van der Waals surface area contributed by atoms with Gasteiger partial charge >= 0.3 is 0 Å². The Morgan fingerprint density at radius 3 is 3.14 bits per heavy atom. The van der Waals surface area contributed by atoms with Crippen molar-refractivity contribution in [1.82, 2.24) is 30.0 Å². The Kier molecular flexibility index (Phi) is 3.52. The van der Waals surface area contributed by atoms with E-state index in [-0.39, 0.29) is 0 Å². The van der Waals surface area contributed by atoms with Crippen LogP contribution in [0.3, 0.4) is 0 Å². The first-order valence-electron chi connectivity index (χ1n) is 7.66. The Morgan fingerprint density at radius 2 is 2.23 bits per heavy atom. The fraction of sp³-hybridized carbons (Fsp3) is 0.375. The zero-order valence-electron chi connectivity index (χ0n) is 12.3. The molecule has 6 heteroatoms. The summed E-state index contributed by atoms with van der Waals surface area (Å²) in [6.45, 7) is 2.99. The number of hydrogen-bond donors (Lipinski definition) is 1. The molecule has 0 spiro atoms. The SMILES string of the molecule is c1cnc(CN2CCC[C@H](c3ccc4cn[nH]c4n3)C2)cn1. The molecule has 3 aromatic rings. The van der Waals surface area contributed by atoms with Crippen LogP contribution in [0.25, 0.3) is 11.0 Å². The molecule has 0 saturated carbocycles. The average Bonchev–Trinajstić information content (AvgIpc) is 3.04. The molecule has 0 amide bonds. The van der Waals surface area contributed by atoms with E-state index in [1.165, 1.54) is 12.8 Å². The summed E-state index contributed by atoms with van der Waals surface area (Å²) < 4.78 is 0. The molecule has 1 atom stereocenters. The fourth-order valence-electron chi connectivity index (χ4n) is 3.15. The van der Waals surface area contributed by atoms with Crippen molar-refractivity contribution in [3.05, 3.63) is 48.3 Å². The number of hydrogen-bond acceptors (Lipinski definition) is 5. The Bertz CT molecular complexity index is 753. The second-order valence-electron chi connectivity index (χ2n) is 5.81. The smallest absolute Gasteiger partial charge is 0.155 e. The number of nitrogens with one attached hydrogen (secondary N) is 1. The van der Waals surface area contributed by atoms with E-state index in [9.17, 15) is 0 Å². The molecule has 1 N–H and O–H groups in total. The van der Waals surface area contributed by atoms with Gasteiger partial charge in [-0.1, -0.05) is 0 Å². The molecule has 1 aliphatic heterocycles. The number of rotatable bonds is 3. The predicted octanol–water partition coefficient (Wildman–Crippen LogP) is 2.13. The van der Waals surface area contributed by atoms with Gasteiger partial charge in [0.15, 0.2) is 5.65 Å². The Balaban J connectivity index is 1.50. The summed E-state index contributed by atoms with van der Waals surface area (Å²) in [6, 6.07) is 4.23. The van der Waals surface area contributed by atoms with Crippen LogP contribution < -0.4 is 0 Å². The highest BCUT2D eigenvalue weighted by atomic mass is 15.2. The van der Waals surface area contributed by atoms with Gasteiger partial charge in [-0.2, -0.15) is 5.10 Å². The van der Waals surface area contributed by atoms with Crippen molar-refractivity contribution in [2.45, 2.75) is 25.3 Å². The molecular formula is C16H18N6. The molecule has 4 rings (SSSR count). The lowest BCUT2D eigenvalue weighted by atomic mass is 9.94. The molecule has 1 aliphatic rings. The van der Waals surface area contributed by atoms with Crippen molar-refractivity contribution in [3.8, 4) is 0 Å². The van der Waals surface area contributed by atoms with Crippen LogP contribution in [0.15, 0.2) is 36.9 Å². The highest BCUT2D eigenvalue weighted by Gasteiger charge is 2.23. The summed E-state index contributed by atoms with van der Waals surface area (Å²) in [6.07, 6.45) is 9.50. The van der Waals surface area contributed by atoms with Gasteiger partial charge in [0.25, 0.3) is 0 Å². The normalized spacial score (nSPS) is 19.5. The van der Waals surface area contributed by atoms with Crippen LogP contribution in [-0.2, 0) is 6.54 Å². The highest BCUT2D eigenvalue weighted by molar-refractivity contribution is 5.73. The van der Waals surface area contributed by atoms with Gasteiger partial charge < -0.3 is 0 Å². The molecule has 0 aromatic carbocycles. The lowest BCUT2D eigenvalue weighted by Gasteiger charge is -2.32. The van der Waals surface area contributed by atoms with E-state index in [0.29, 0.717) is 5.92 Å². The molecule has 4 heterocycles. The third-order valence-electron chi connectivity index (χ3n) is 4.25. The predicted molar refractivity (Wildman–Crippen MR) is 83.2 cm³/mol. The largest absolute Gasteiger partial charge is 0.297 e. The number of pyridine rings is 1. The van der Waals surface area contributed by atoms with E-state index >= 15 is 0 Å². The topological polar surface area (TPSA) is 70.6 Å². The monoisotopic (exact) mass is 294 g/mol. The number of fused-ring (bicyclic) bond motifs is 1. The molecule has 6 nitrogen and oxygen atoms in total. The fourth-order valence-corrected chi connectivity index (χ4v) is 3.15. The van der Waals surface area contributed by atoms with E-state index in [4.69, 9.17) is 4.98 Å². The third kappa shape index (κ3) is 2.69. The van der Waals surface area contributed by atoms with Crippen molar-refractivity contribution in [2.75, 3.05) is 13.1 Å². The first-order chi connectivity index (χ1) is 10.9. The van der Waals surface area contributed by atoms with Gasteiger partial charge in [-0.15, -0.1) is 0 Å². The lowest BCUT2D eigenvalue weighted by Crippen LogP contribution is -2.34. The number of aromatic amines is 1. The number of H-pyrrole nitrogens is 1. The van der Waals surface area contributed by atoms with Crippen LogP contribution >= 0.6 is 0 Å². The Morgan fingerprint density at radius 1 is 1.23 bits per heavy atom. The molecule has 3 aromatic heterocycles. The van der Waals surface area contributed by atoms with Crippen molar-refractivity contribution >= 4 is 11.0 Å². The minimum atomic E-state index is 0.470. The van der Waals surface area contributed by atoms with Gasteiger partial charge in [0.2, 0.25) is 0 Å². The summed E-state index contributed by atoms with van der Waals surface area (Å²) in [7, 11) is 0. The second-order valence-corrected chi connectivity index (χ2v) is 5.81. The number of nitrogens with zero attached hydrogens (tertiary/aromatic N) is 5. The van der Waals surface area contributed by atoms with Crippen LogP contribution in [0, 0.1) is 0 Å². The molecule has 0 aliphatic carbocycles. The first kappa shape index (κ1) is 13.3. The number of aromatic nitrogens is 5. The summed E-state index contributed by atoms with van der Waals surface area (Å²) in [5.41, 5.74) is 3.06. The highest BCUT2D eigenvalue weighted by Crippen LogP contribution is 2.27. The van der Waals surface area contributed by atoms with Gasteiger partial charge in [0, 0.05) is 48.7 Å². The van der Waals surface area contributed by atoms with Crippen molar-refractivity contribution in [2.24, 2.45) is 0 Å². The second kappa shape index (κ2) is 5.81. The van der Waals surface area contributed by atoms with E-state index in [1.54, 1.807) is 12.4 Å². The van der Waals surface area contributed by atoms with Crippen LogP contribution in [0.4, 0.5) is 0 Å². The summed E-state index contributed by atoms with van der Waals surface area (Å²) in [5.74, 6) is 0.470. The quantitative estimate of drug-likeness (QED) is 0.801. The van der Waals surface area contributed by atoms with Gasteiger partial charge in [0.05, 0.1) is 11.9 Å². The van der Waals surface area contributed by atoms with Crippen molar-refractivity contribution in [3.63, 3.8) is 0 Å². The Hall–Kier alpha value is -2.34. The Labute approximate surface area is 128 Å². The minimum absolute atomic E-state index is 0.470. The molecule has 0 radical (unpaired) electrons. The summed E-state index contributed by atoms with van der Waals surface area (Å²) in [5, 5.41) is 8.07. The average molecular weight is 294 g/mol. The lowest BCUT2D eigenvalue weighted by molar-refractivity contribution is 0.196. The molecular weight excluding hydrogens is 276 g/mol. The van der Waals surface area contributed by atoms with E-state index in [1.807, 2.05) is 12.4 Å². The van der Waals surface area contributed by atoms with Gasteiger partial charge in [-0.3, -0.25) is 20.0 Å². The molecule has 0 unspecified atom stereocenters. The van der Waals surface area contributed by atoms with E-state index in [0.717, 1.165) is 42.1 Å². The van der Waals surface area contributed by atoms with Crippen LogP contribution in [0.1, 0.15) is 30.1 Å². The maximum absolute atomic E-state index is 4.73. The van der Waals surface area contributed by atoms with Gasteiger partial charge in [-0.05, 0) is 31.5 Å². The molecule has 22 heavy (non-hydrogen) atoms. The molecule has 1 fully saturated rings. The molecule has 0 bridgehead atoms. The number of piperidine rings is 1. The van der Waals surface area contributed by atoms with E-state index in [2.05, 4.69) is 37.2 Å². The number of likely N-dealkylation sites (tertiary alicyclic amines) is 1. The summed E-state index contributed by atoms with van der Waals surface area (Å²) in [4.78, 5) is 15.7. The third-order valence-corrected chi connectivity index (χ3v) is 4.25. The minimum Gasteiger partial charge on any atom is -0.297 e. The zero-order chi connectivity index (χ0) is 14.8. The van der Waals surface area contributed by atoms with Crippen LogP contribution in [-0.4, -0.2) is 43.1 Å². The maximum atomic E-state index is 4.73. The van der Waals surface area contributed by atoms with Gasteiger partial charge in [0.1, 0.15) is 0 Å². The zero-order valence-corrected chi connectivity index (χ0v) is 12.3. The summed E-state index contributed by atoms with van der Waals surface area (Å²) >= 11 is 0. The maximum Gasteiger partial charge on any atom is 0.155 e. The van der Waals surface area contributed by atoms with Crippen LogP contribution in [0.2, 0.25) is 0 Å². The van der Waals surface area contributed by atoms with Crippen LogP contribution in [0.5, 0.6) is 0 Å². The van der Waals surface area contributed by atoms with Crippen molar-refractivity contribution in [1.29, 1.82) is 0 Å². The molecule has 112 valence electrons. The standard InChI is InChI=1S/C16H18N6/c1-2-13(15-4-3-12-8-19-21-16(12)20-15)10-22(7-1)11-14-9-17-5-6-18-14/h3-6,8-9,13H,1-2,7,10-11H2,(H,19,20,21)/t13-/m0/s1. The van der Waals surface area contributed by atoms with Crippen molar-refractivity contribution < 1.29 is 0 Å². The first-order valence-corrected chi connectivity index (χ1v) is 7.66. The van der Waals surface area contributed by atoms with Gasteiger partial charge in [-0.25, -0.2) is 4.98 Å². The van der Waals surface area contributed by atoms with E-state index < -0.39 is 0 Å².